The molecule has 0 fully saturated rings. The van der Waals surface area contributed by atoms with Crippen molar-refractivity contribution in [2.24, 2.45) is 10.9 Å². The van der Waals surface area contributed by atoms with E-state index < -0.39 is 0 Å². The lowest BCUT2D eigenvalue weighted by molar-refractivity contribution is 0.489. The molecular weight excluding hydrogens is 312 g/mol. The molecule has 2 heterocycles. The van der Waals surface area contributed by atoms with Crippen LogP contribution in [0.25, 0.3) is 5.82 Å². The molecule has 2 rings (SSSR count). The number of hydrogen-bond donors (Lipinski definition) is 2. The molecule has 136 valence electrons. The first-order valence-corrected chi connectivity index (χ1v) is 9.06. The fraction of sp³-hybridized carbons (Fsp3) is 0.526. The number of nitrogens with one attached hydrogen (secondary N) is 2. The average Bonchev–Trinajstić information content (AvgIpc) is 3.13. The van der Waals surface area contributed by atoms with Crippen LogP contribution in [0.3, 0.4) is 0 Å². The SMILES string of the molecule is CCNC(=NCc1ccnc(-n2ccnc2)c1)NC(C)CCC(C)C. The minimum Gasteiger partial charge on any atom is -0.357 e. The van der Waals surface area contributed by atoms with Crippen molar-refractivity contribution in [2.75, 3.05) is 6.54 Å². The molecule has 0 aromatic carbocycles. The molecule has 0 saturated carbocycles. The molecule has 6 heteroatoms. The molecule has 0 amide bonds. The zero-order valence-electron chi connectivity index (χ0n) is 15.7. The van der Waals surface area contributed by atoms with E-state index in [9.17, 15) is 0 Å². The van der Waals surface area contributed by atoms with Gasteiger partial charge >= 0.3 is 0 Å². The summed E-state index contributed by atoms with van der Waals surface area (Å²) in [6, 6.07) is 4.44. The summed E-state index contributed by atoms with van der Waals surface area (Å²) >= 11 is 0. The zero-order chi connectivity index (χ0) is 18.1. The van der Waals surface area contributed by atoms with Gasteiger partial charge in [0.25, 0.3) is 0 Å². The van der Waals surface area contributed by atoms with Gasteiger partial charge in [0.05, 0.1) is 6.54 Å². The largest absolute Gasteiger partial charge is 0.357 e. The van der Waals surface area contributed by atoms with Crippen molar-refractivity contribution in [2.45, 2.75) is 53.1 Å². The molecule has 0 bridgehead atoms. The lowest BCUT2D eigenvalue weighted by Crippen LogP contribution is -2.42. The number of nitrogens with zero attached hydrogens (tertiary/aromatic N) is 4. The lowest BCUT2D eigenvalue weighted by atomic mass is 10.0. The Labute approximate surface area is 150 Å². The van der Waals surface area contributed by atoms with Gasteiger partial charge in [-0.05, 0) is 50.3 Å². The average molecular weight is 342 g/mol. The number of aromatic nitrogens is 3. The van der Waals surface area contributed by atoms with Crippen LogP contribution in [0.2, 0.25) is 0 Å². The predicted octanol–water partition coefficient (Wildman–Crippen LogP) is 3.15. The fourth-order valence-electron chi connectivity index (χ4n) is 2.47. The van der Waals surface area contributed by atoms with Crippen LogP contribution in [-0.4, -0.2) is 33.1 Å². The molecule has 2 N–H and O–H groups in total. The Morgan fingerprint density at radius 3 is 2.76 bits per heavy atom. The Morgan fingerprint density at radius 2 is 2.08 bits per heavy atom. The van der Waals surface area contributed by atoms with Crippen molar-refractivity contribution >= 4 is 5.96 Å². The molecule has 0 aliphatic rings. The summed E-state index contributed by atoms with van der Waals surface area (Å²) in [5, 5.41) is 6.82. The maximum Gasteiger partial charge on any atom is 0.191 e. The van der Waals surface area contributed by atoms with Gasteiger partial charge in [-0.15, -0.1) is 0 Å². The van der Waals surface area contributed by atoms with Gasteiger partial charge in [0, 0.05) is 31.2 Å². The van der Waals surface area contributed by atoms with Crippen LogP contribution < -0.4 is 10.6 Å². The normalized spacial score (nSPS) is 13.1. The van der Waals surface area contributed by atoms with Crippen molar-refractivity contribution in [1.29, 1.82) is 0 Å². The van der Waals surface area contributed by atoms with Crippen LogP contribution in [0, 0.1) is 5.92 Å². The number of aliphatic imine (C=N–C) groups is 1. The summed E-state index contributed by atoms with van der Waals surface area (Å²) in [7, 11) is 0. The maximum atomic E-state index is 4.71. The van der Waals surface area contributed by atoms with Crippen molar-refractivity contribution in [3.63, 3.8) is 0 Å². The van der Waals surface area contributed by atoms with E-state index in [1.54, 1.807) is 12.5 Å². The minimum atomic E-state index is 0.402. The first-order valence-electron chi connectivity index (χ1n) is 9.06. The third-order valence-electron chi connectivity index (χ3n) is 3.90. The second kappa shape index (κ2) is 9.81. The molecule has 0 radical (unpaired) electrons. The topological polar surface area (TPSA) is 67.1 Å². The van der Waals surface area contributed by atoms with E-state index in [-0.39, 0.29) is 0 Å². The standard InChI is InChI=1S/C19H30N6/c1-5-21-19(24-16(4)7-6-15(2)3)23-13-17-8-9-22-18(12-17)25-11-10-20-14-25/h8-12,14-16H,5-7,13H2,1-4H3,(H2,21,23,24). The van der Waals surface area contributed by atoms with E-state index in [1.807, 2.05) is 29.1 Å². The highest BCUT2D eigenvalue weighted by Crippen LogP contribution is 2.09. The highest BCUT2D eigenvalue weighted by Gasteiger charge is 2.06. The molecule has 2 aromatic heterocycles. The number of guanidine groups is 1. The number of rotatable bonds is 8. The van der Waals surface area contributed by atoms with Crippen LogP contribution in [0.15, 0.2) is 42.0 Å². The van der Waals surface area contributed by atoms with E-state index in [0.717, 1.165) is 36.2 Å². The van der Waals surface area contributed by atoms with Crippen molar-refractivity contribution in [3.05, 3.63) is 42.6 Å². The number of pyridine rings is 1. The molecule has 0 aliphatic carbocycles. The maximum absolute atomic E-state index is 4.71. The van der Waals surface area contributed by atoms with Crippen molar-refractivity contribution in [1.82, 2.24) is 25.2 Å². The van der Waals surface area contributed by atoms with Crippen molar-refractivity contribution < 1.29 is 0 Å². The van der Waals surface area contributed by atoms with E-state index >= 15 is 0 Å². The van der Waals surface area contributed by atoms with Gasteiger partial charge in [-0.3, -0.25) is 4.57 Å². The summed E-state index contributed by atoms with van der Waals surface area (Å²) in [6.45, 7) is 10.3. The van der Waals surface area contributed by atoms with Crippen LogP contribution in [0.1, 0.15) is 46.1 Å². The third kappa shape index (κ3) is 6.57. The van der Waals surface area contributed by atoms with Gasteiger partial charge < -0.3 is 10.6 Å². The highest BCUT2D eigenvalue weighted by atomic mass is 15.2. The first kappa shape index (κ1) is 19.0. The summed E-state index contributed by atoms with van der Waals surface area (Å²) in [4.78, 5) is 13.2. The van der Waals surface area contributed by atoms with Crippen LogP contribution in [0.4, 0.5) is 0 Å². The minimum absolute atomic E-state index is 0.402. The molecule has 2 aromatic rings. The van der Waals surface area contributed by atoms with E-state index in [4.69, 9.17) is 4.99 Å². The van der Waals surface area contributed by atoms with Gasteiger partial charge in [0.1, 0.15) is 12.1 Å². The summed E-state index contributed by atoms with van der Waals surface area (Å²) in [6.07, 6.45) is 9.55. The molecule has 0 aliphatic heterocycles. The number of hydrogen-bond acceptors (Lipinski definition) is 3. The molecular formula is C19H30N6. The molecule has 1 unspecified atom stereocenters. The Bertz CT molecular complexity index is 648. The Kier molecular flexibility index (Phi) is 7.44. The second-order valence-electron chi connectivity index (χ2n) is 6.70. The Balaban J connectivity index is 1.99. The third-order valence-corrected chi connectivity index (χ3v) is 3.90. The van der Waals surface area contributed by atoms with Gasteiger partial charge in [0.15, 0.2) is 5.96 Å². The van der Waals surface area contributed by atoms with E-state index in [1.165, 1.54) is 6.42 Å². The van der Waals surface area contributed by atoms with E-state index in [2.05, 4.69) is 48.3 Å². The van der Waals surface area contributed by atoms with Gasteiger partial charge in [-0.25, -0.2) is 15.0 Å². The van der Waals surface area contributed by atoms with Crippen LogP contribution >= 0.6 is 0 Å². The quantitative estimate of drug-likeness (QED) is 0.571. The van der Waals surface area contributed by atoms with Crippen LogP contribution in [-0.2, 0) is 6.54 Å². The summed E-state index contributed by atoms with van der Waals surface area (Å²) in [5.74, 6) is 2.44. The van der Waals surface area contributed by atoms with Crippen molar-refractivity contribution in [3.8, 4) is 5.82 Å². The Hall–Kier alpha value is -2.37. The molecule has 0 spiro atoms. The van der Waals surface area contributed by atoms with Crippen LogP contribution in [0.5, 0.6) is 0 Å². The van der Waals surface area contributed by atoms with Gasteiger partial charge in [-0.1, -0.05) is 13.8 Å². The smallest absolute Gasteiger partial charge is 0.191 e. The lowest BCUT2D eigenvalue weighted by Gasteiger charge is -2.18. The zero-order valence-corrected chi connectivity index (χ0v) is 15.7. The summed E-state index contributed by atoms with van der Waals surface area (Å²) in [5.41, 5.74) is 1.12. The summed E-state index contributed by atoms with van der Waals surface area (Å²) < 4.78 is 1.89. The fourth-order valence-corrected chi connectivity index (χ4v) is 2.47. The van der Waals surface area contributed by atoms with E-state index in [0.29, 0.717) is 12.6 Å². The highest BCUT2D eigenvalue weighted by molar-refractivity contribution is 5.80. The first-order chi connectivity index (χ1) is 12.1. The Morgan fingerprint density at radius 1 is 1.24 bits per heavy atom. The second-order valence-corrected chi connectivity index (χ2v) is 6.70. The monoisotopic (exact) mass is 342 g/mol. The molecule has 0 saturated heterocycles. The molecule has 25 heavy (non-hydrogen) atoms. The van der Waals surface area contributed by atoms with Gasteiger partial charge in [-0.2, -0.15) is 0 Å². The predicted molar refractivity (Wildman–Crippen MR) is 103 cm³/mol. The molecule has 1 atom stereocenters. The van der Waals surface area contributed by atoms with Gasteiger partial charge in [0.2, 0.25) is 0 Å². The number of imidazole rings is 1. The molecule has 6 nitrogen and oxygen atoms in total.